The van der Waals surface area contributed by atoms with Gasteiger partial charge >= 0.3 is 12.4 Å². The van der Waals surface area contributed by atoms with Gasteiger partial charge in [-0.2, -0.15) is 8.78 Å². The van der Waals surface area contributed by atoms with E-state index in [9.17, 15) is 22.0 Å². The second-order valence-electron chi connectivity index (χ2n) is 7.78. The molecule has 184 valence electrons. The Hall–Kier alpha value is -3.73. The predicted molar refractivity (Wildman–Crippen MR) is 126 cm³/mol. The van der Waals surface area contributed by atoms with E-state index in [1.807, 2.05) is 30.3 Å². The van der Waals surface area contributed by atoms with Crippen molar-refractivity contribution >= 4 is 21.1 Å². The maximum Gasteiger partial charge on any atom is 0.421 e. The third-order valence-electron chi connectivity index (χ3n) is 5.20. The minimum atomic E-state index is -3.61. The number of nitrogens with zero attached hydrogens (tertiary/aromatic N) is 2. The molecule has 0 saturated heterocycles. The van der Waals surface area contributed by atoms with Crippen LogP contribution in [0.4, 0.5) is 8.78 Å². The average molecular weight is 505 g/mol. The van der Waals surface area contributed by atoms with Gasteiger partial charge in [0, 0.05) is 18.0 Å². The molecule has 0 aliphatic heterocycles. The summed E-state index contributed by atoms with van der Waals surface area (Å²) in [7, 11) is -3.61. The molecule has 4 rings (SSSR count). The van der Waals surface area contributed by atoms with E-state index in [-0.39, 0.29) is 29.3 Å². The molecule has 0 bridgehead atoms. The highest BCUT2D eigenvalue weighted by molar-refractivity contribution is 7.90. The quantitative estimate of drug-likeness (QED) is 0.335. The van der Waals surface area contributed by atoms with Crippen LogP contribution in [0.3, 0.4) is 0 Å². The first-order valence-corrected chi connectivity index (χ1v) is 12.7. The average Bonchev–Trinajstić information content (AvgIpc) is 3.13. The van der Waals surface area contributed by atoms with Gasteiger partial charge in [0.15, 0.2) is 22.7 Å². The van der Waals surface area contributed by atoms with E-state index in [0.717, 1.165) is 16.4 Å². The van der Waals surface area contributed by atoms with Crippen LogP contribution >= 0.6 is 0 Å². The van der Waals surface area contributed by atoms with Gasteiger partial charge in [-0.15, -0.1) is 0 Å². The Kier molecular flexibility index (Phi) is 6.88. The number of halogens is 2. The molecule has 0 aliphatic carbocycles. The fourth-order valence-corrected chi connectivity index (χ4v) is 4.70. The Labute approximate surface area is 199 Å². The SMILES string of the molecule is CCOc1cc(C(CS(C)(=O)=O)n2c(=O)oc3cc(-c4ccccc4)cnc32)ccc1OC(F)F. The van der Waals surface area contributed by atoms with Crippen LogP contribution in [0.1, 0.15) is 18.5 Å². The molecule has 0 radical (unpaired) electrons. The van der Waals surface area contributed by atoms with Gasteiger partial charge in [-0.3, -0.25) is 0 Å². The van der Waals surface area contributed by atoms with Crippen LogP contribution in [-0.2, 0) is 9.84 Å². The van der Waals surface area contributed by atoms with Crippen LogP contribution in [0.25, 0.3) is 22.4 Å². The molecule has 11 heteroatoms. The van der Waals surface area contributed by atoms with Crippen LogP contribution in [0, 0.1) is 0 Å². The molecule has 0 spiro atoms. The lowest BCUT2D eigenvalue weighted by Crippen LogP contribution is -2.27. The first-order valence-electron chi connectivity index (χ1n) is 10.6. The van der Waals surface area contributed by atoms with Gasteiger partial charge in [-0.1, -0.05) is 36.4 Å². The number of fused-ring (bicyclic) bond motifs is 1. The first-order chi connectivity index (χ1) is 16.7. The lowest BCUT2D eigenvalue weighted by molar-refractivity contribution is -0.0514. The minimum Gasteiger partial charge on any atom is -0.490 e. The highest BCUT2D eigenvalue weighted by Gasteiger charge is 2.27. The molecule has 0 saturated carbocycles. The van der Waals surface area contributed by atoms with Crippen molar-refractivity contribution in [1.82, 2.24) is 9.55 Å². The Bertz CT molecular complexity index is 1500. The molecule has 1 atom stereocenters. The molecule has 35 heavy (non-hydrogen) atoms. The van der Waals surface area contributed by atoms with Crippen molar-refractivity contribution in [3.05, 3.63) is 76.9 Å². The van der Waals surface area contributed by atoms with Crippen molar-refractivity contribution in [1.29, 1.82) is 0 Å². The highest BCUT2D eigenvalue weighted by atomic mass is 32.2. The normalized spacial score (nSPS) is 12.7. The molecular formula is C24H22F2N2O6S. The summed E-state index contributed by atoms with van der Waals surface area (Å²) in [5.41, 5.74) is 2.22. The molecule has 4 aromatic rings. The largest absolute Gasteiger partial charge is 0.490 e. The second-order valence-corrected chi connectivity index (χ2v) is 9.96. The number of aromatic nitrogens is 2. The lowest BCUT2D eigenvalue weighted by Gasteiger charge is -2.19. The van der Waals surface area contributed by atoms with E-state index in [1.165, 1.54) is 18.2 Å². The van der Waals surface area contributed by atoms with E-state index < -0.39 is 34.0 Å². The fourth-order valence-electron chi connectivity index (χ4n) is 3.79. The van der Waals surface area contributed by atoms with Gasteiger partial charge in [0.25, 0.3) is 0 Å². The van der Waals surface area contributed by atoms with Crippen molar-refractivity contribution in [2.75, 3.05) is 18.6 Å². The van der Waals surface area contributed by atoms with Crippen LogP contribution in [0.15, 0.2) is 70.0 Å². The van der Waals surface area contributed by atoms with Crippen molar-refractivity contribution in [3.8, 4) is 22.6 Å². The molecule has 8 nitrogen and oxygen atoms in total. The van der Waals surface area contributed by atoms with Crippen LogP contribution in [0.2, 0.25) is 0 Å². The van der Waals surface area contributed by atoms with Gasteiger partial charge in [0.1, 0.15) is 9.84 Å². The number of benzene rings is 2. The van der Waals surface area contributed by atoms with Crippen LogP contribution in [-0.4, -0.2) is 43.2 Å². The number of pyridine rings is 1. The lowest BCUT2D eigenvalue weighted by atomic mass is 10.1. The van der Waals surface area contributed by atoms with Crippen molar-refractivity contribution in [2.24, 2.45) is 0 Å². The maximum absolute atomic E-state index is 12.9. The van der Waals surface area contributed by atoms with Crippen molar-refractivity contribution < 1.29 is 31.1 Å². The molecule has 2 heterocycles. The zero-order chi connectivity index (χ0) is 25.2. The highest BCUT2D eigenvalue weighted by Crippen LogP contribution is 2.34. The maximum atomic E-state index is 12.9. The van der Waals surface area contributed by atoms with Crippen LogP contribution in [0.5, 0.6) is 11.5 Å². The summed E-state index contributed by atoms with van der Waals surface area (Å²) in [4.78, 5) is 17.3. The Morgan fingerprint density at radius 1 is 1.06 bits per heavy atom. The molecule has 2 aromatic carbocycles. The van der Waals surface area contributed by atoms with Crippen molar-refractivity contribution in [2.45, 2.75) is 19.6 Å². The number of ether oxygens (including phenoxy) is 2. The number of rotatable bonds is 9. The van der Waals surface area contributed by atoms with E-state index in [2.05, 4.69) is 9.72 Å². The molecule has 0 N–H and O–H groups in total. The smallest absolute Gasteiger partial charge is 0.421 e. The summed E-state index contributed by atoms with van der Waals surface area (Å²) in [6.45, 7) is -1.26. The molecule has 0 fully saturated rings. The zero-order valence-electron chi connectivity index (χ0n) is 18.9. The van der Waals surface area contributed by atoms with Gasteiger partial charge in [0.05, 0.1) is 18.4 Å². The topological polar surface area (TPSA) is 101 Å². The van der Waals surface area contributed by atoms with Gasteiger partial charge in [-0.05, 0) is 36.2 Å². The number of alkyl halides is 2. The van der Waals surface area contributed by atoms with Gasteiger partial charge in [0.2, 0.25) is 0 Å². The number of oxazole rings is 1. The summed E-state index contributed by atoms with van der Waals surface area (Å²) in [5.74, 6) is -1.50. The summed E-state index contributed by atoms with van der Waals surface area (Å²) in [5, 5.41) is 0. The minimum absolute atomic E-state index is 0.0102. The van der Waals surface area contributed by atoms with Crippen molar-refractivity contribution in [3.63, 3.8) is 0 Å². The summed E-state index contributed by atoms with van der Waals surface area (Å²) >= 11 is 0. The number of hydrogen-bond acceptors (Lipinski definition) is 7. The summed E-state index contributed by atoms with van der Waals surface area (Å²) in [6.07, 6.45) is 2.60. The van der Waals surface area contributed by atoms with E-state index in [4.69, 9.17) is 9.15 Å². The van der Waals surface area contributed by atoms with E-state index in [0.29, 0.717) is 11.1 Å². The fraction of sp³-hybridized carbons (Fsp3) is 0.250. The zero-order valence-corrected chi connectivity index (χ0v) is 19.7. The summed E-state index contributed by atoms with van der Waals surface area (Å²) in [6, 6.07) is 14.0. The summed E-state index contributed by atoms with van der Waals surface area (Å²) < 4.78 is 66.7. The van der Waals surface area contributed by atoms with Gasteiger partial charge < -0.3 is 13.9 Å². The molecular weight excluding hydrogens is 482 g/mol. The third kappa shape index (κ3) is 5.51. The van der Waals surface area contributed by atoms with Gasteiger partial charge in [-0.25, -0.2) is 22.8 Å². The molecule has 1 unspecified atom stereocenters. The third-order valence-corrected chi connectivity index (χ3v) is 6.12. The Morgan fingerprint density at radius 2 is 1.80 bits per heavy atom. The van der Waals surface area contributed by atoms with E-state index >= 15 is 0 Å². The number of hydrogen-bond donors (Lipinski definition) is 0. The first kappa shape index (κ1) is 24.4. The monoisotopic (exact) mass is 504 g/mol. The predicted octanol–water partition coefficient (Wildman–Crippen LogP) is 4.29. The Morgan fingerprint density at radius 3 is 2.46 bits per heavy atom. The Balaban J connectivity index is 1.86. The molecule has 2 aromatic heterocycles. The number of sulfone groups is 1. The van der Waals surface area contributed by atoms with E-state index in [1.54, 1.807) is 19.2 Å². The standard InChI is InChI=1S/C24H22F2N2O6S/c1-3-32-20-11-16(9-10-19(20)33-23(25)26)18(14-35(2,30)31)28-22-21(34-24(28)29)12-17(13-27-22)15-7-5-4-6-8-15/h4-13,18,23H,3,14H2,1-2H3. The molecule has 0 amide bonds. The second kappa shape index (κ2) is 9.87. The molecule has 0 aliphatic rings. The van der Waals surface area contributed by atoms with Crippen LogP contribution < -0.4 is 15.2 Å².